The third-order valence-electron chi connectivity index (χ3n) is 5.33. The molecule has 1 aliphatic carbocycles. The molecular weight excluding hydrogens is 290 g/mol. The lowest BCUT2D eigenvalue weighted by atomic mass is 9.80. The van der Waals surface area contributed by atoms with E-state index < -0.39 is 11.6 Å². The molecule has 1 saturated carbocycles. The van der Waals surface area contributed by atoms with Gasteiger partial charge in [-0.2, -0.15) is 0 Å². The summed E-state index contributed by atoms with van der Waals surface area (Å²) in [4.78, 5) is 15.1. The van der Waals surface area contributed by atoms with Crippen LogP contribution in [0.5, 0.6) is 0 Å². The van der Waals surface area contributed by atoms with Gasteiger partial charge in [-0.25, -0.2) is 4.79 Å². The van der Waals surface area contributed by atoms with Gasteiger partial charge in [0.25, 0.3) is 0 Å². The highest BCUT2D eigenvalue weighted by molar-refractivity contribution is 5.81. The maximum absolute atomic E-state index is 12.9. The molecule has 2 fully saturated rings. The minimum absolute atomic E-state index is 0.0429. The van der Waals surface area contributed by atoms with Gasteiger partial charge in [-0.3, -0.25) is 0 Å². The van der Waals surface area contributed by atoms with Crippen LogP contribution in [0.3, 0.4) is 0 Å². The highest BCUT2D eigenvalue weighted by atomic mass is 16.6. The minimum Gasteiger partial charge on any atom is -0.459 e. The van der Waals surface area contributed by atoms with Crippen LogP contribution in [0.1, 0.15) is 44.1 Å². The lowest BCUT2D eigenvalue weighted by molar-refractivity contribution is -0.181. The second-order valence-corrected chi connectivity index (χ2v) is 7.05. The van der Waals surface area contributed by atoms with E-state index in [1.54, 1.807) is 0 Å². The molecule has 4 heteroatoms. The molecule has 1 saturated heterocycles. The maximum atomic E-state index is 12.9. The third kappa shape index (κ3) is 3.43. The van der Waals surface area contributed by atoms with Gasteiger partial charge in [0, 0.05) is 12.5 Å². The van der Waals surface area contributed by atoms with E-state index in [2.05, 4.69) is 4.90 Å². The number of hydrogen-bond acceptors (Lipinski definition) is 4. The highest BCUT2D eigenvalue weighted by Crippen LogP contribution is 2.41. The largest absolute Gasteiger partial charge is 0.459 e. The summed E-state index contributed by atoms with van der Waals surface area (Å²) < 4.78 is 5.76. The topological polar surface area (TPSA) is 49.8 Å². The second-order valence-electron chi connectivity index (χ2n) is 7.05. The number of likely N-dealkylation sites (tertiary alicyclic amines) is 1. The number of nitrogens with zero attached hydrogens (tertiary/aromatic N) is 1. The average Bonchev–Trinajstić information content (AvgIpc) is 3.10. The predicted molar refractivity (Wildman–Crippen MR) is 88.9 cm³/mol. The SMILES string of the molecule is CN1CCCC(OC(=O)C(O)(c2ccccc2)C2CCCC2)C1. The monoisotopic (exact) mass is 317 g/mol. The summed E-state index contributed by atoms with van der Waals surface area (Å²) in [6.07, 6.45) is 5.69. The second kappa shape index (κ2) is 7.02. The number of carbonyl (C=O) groups excluding carboxylic acids is 1. The minimum atomic E-state index is -1.51. The van der Waals surface area contributed by atoms with Crippen LogP contribution in [0, 0.1) is 5.92 Å². The molecular formula is C19H27NO3. The number of esters is 1. The number of likely N-dealkylation sites (N-methyl/N-ethyl adjacent to an activating group) is 1. The van der Waals surface area contributed by atoms with Gasteiger partial charge in [0.15, 0.2) is 5.60 Å². The Morgan fingerprint density at radius 2 is 1.87 bits per heavy atom. The van der Waals surface area contributed by atoms with Gasteiger partial charge in [0.1, 0.15) is 6.10 Å². The van der Waals surface area contributed by atoms with Crippen LogP contribution in [0.15, 0.2) is 30.3 Å². The molecule has 1 aromatic carbocycles. The van der Waals surface area contributed by atoms with E-state index >= 15 is 0 Å². The van der Waals surface area contributed by atoms with E-state index in [-0.39, 0.29) is 12.0 Å². The fourth-order valence-electron chi connectivity index (χ4n) is 4.01. The van der Waals surface area contributed by atoms with E-state index in [4.69, 9.17) is 4.74 Å². The van der Waals surface area contributed by atoms with E-state index in [0.29, 0.717) is 5.56 Å². The van der Waals surface area contributed by atoms with Gasteiger partial charge < -0.3 is 14.7 Å². The molecule has 0 radical (unpaired) electrons. The van der Waals surface area contributed by atoms with Gasteiger partial charge in [-0.1, -0.05) is 43.2 Å². The molecule has 2 unspecified atom stereocenters. The number of piperidine rings is 1. The van der Waals surface area contributed by atoms with Crippen LogP contribution in [-0.4, -0.2) is 42.2 Å². The lowest BCUT2D eigenvalue weighted by Crippen LogP contribution is -2.47. The first kappa shape index (κ1) is 16.5. The Balaban J connectivity index is 1.81. The summed E-state index contributed by atoms with van der Waals surface area (Å²) in [7, 11) is 2.04. The zero-order valence-corrected chi connectivity index (χ0v) is 13.9. The molecule has 0 bridgehead atoms. The molecule has 0 amide bonds. The quantitative estimate of drug-likeness (QED) is 0.868. The highest BCUT2D eigenvalue weighted by Gasteiger charge is 2.48. The molecule has 4 nitrogen and oxygen atoms in total. The number of hydrogen-bond donors (Lipinski definition) is 1. The number of rotatable bonds is 4. The van der Waals surface area contributed by atoms with E-state index in [1.807, 2.05) is 37.4 Å². The molecule has 23 heavy (non-hydrogen) atoms. The summed E-state index contributed by atoms with van der Waals surface area (Å²) in [5, 5.41) is 11.4. The van der Waals surface area contributed by atoms with Crippen molar-refractivity contribution in [3.63, 3.8) is 0 Å². The molecule has 0 aromatic heterocycles. The Morgan fingerprint density at radius 1 is 1.17 bits per heavy atom. The smallest absolute Gasteiger partial charge is 0.343 e. The van der Waals surface area contributed by atoms with Crippen molar-refractivity contribution in [1.82, 2.24) is 4.90 Å². The number of benzene rings is 1. The van der Waals surface area contributed by atoms with Crippen LogP contribution < -0.4 is 0 Å². The fourth-order valence-corrected chi connectivity index (χ4v) is 4.01. The van der Waals surface area contributed by atoms with Crippen LogP contribution in [0.4, 0.5) is 0 Å². The third-order valence-corrected chi connectivity index (χ3v) is 5.33. The summed E-state index contributed by atoms with van der Waals surface area (Å²) in [6.45, 7) is 1.79. The van der Waals surface area contributed by atoms with Crippen molar-refractivity contribution < 1.29 is 14.6 Å². The number of ether oxygens (including phenoxy) is 1. The predicted octanol–water partition coefficient (Wildman–Crippen LogP) is 2.70. The van der Waals surface area contributed by atoms with Crippen molar-refractivity contribution >= 4 is 5.97 Å². The summed E-state index contributed by atoms with van der Waals surface area (Å²) in [5.41, 5.74) is -0.839. The summed E-state index contributed by atoms with van der Waals surface area (Å²) in [6, 6.07) is 9.33. The molecule has 1 N–H and O–H groups in total. The normalized spacial score (nSPS) is 25.9. The van der Waals surface area contributed by atoms with Crippen molar-refractivity contribution in [2.24, 2.45) is 5.92 Å². The van der Waals surface area contributed by atoms with Crippen molar-refractivity contribution in [3.8, 4) is 0 Å². The molecule has 2 atom stereocenters. The van der Waals surface area contributed by atoms with Gasteiger partial charge in [0.05, 0.1) is 0 Å². The molecule has 1 aromatic rings. The van der Waals surface area contributed by atoms with Crippen molar-refractivity contribution in [2.75, 3.05) is 20.1 Å². The lowest BCUT2D eigenvalue weighted by Gasteiger charge is -2.36. The van der Waals surface area contributed by atoms with Crippen molar-refractivity contribution in [1.29, 1.82) is 0 Å². The van der Waals surface area contributed by atoms with E-state index in [0.717, 1.165) is 51.6 Å². The van der Waals surface area contributed by atoms with Gasteiger partial charge >= 0.3 is 5.97 Å². The first-order valence-electron chi connectivity index (χ1n) is 8.78. The van der Waals surface area contributed by atoms with Crippen molar-refractivity contribution in [2.45, 2.75) is 50.2 Å². The van der Waals surface area contributed by atoms with E-state index in [9.17, 15) is 9.90 Å². The van der Waals surface area contributed by atoms with Gasteiger partial charge in [-0.15, -0.1) is 0 Å². The first-order valence-corrected chi connectivity index (χ1v) is 8.78. The Bertz CT molecular complexity index is 527. The molecule has 0 spiro atoms. The number of aliphatic hydroxyl groups is 1. The summed E-state index contributed by atoms with van der Waals surface area (Å²) in [5.74, 6) is -0.505. The zero-order valence-electron chi connectivity index (χ0n) is 13.9. The standard InChI is InChI=1S/C19H27NO3/c1-20-13-7-12-17(14-20)23-18(21)19(22,16-10-5-6-11-16)15-8-3-2-4-9-15/h2-4,8-9,16-17,22H,5-7,10-14H2,1H3. The Hall–Kier alpha value is -1.39. The van der Waals surface area contributed by atoms with Gasteiger partial charge in [-0.05, 0) is 44.8 Å². The maximum Gasteiger partial charge on any atom is 0.343 e. The van der Waals surface area contributed by atoms with Gasteiger partial charge in [0.2, 0.25) is 0 Å². The average molecular weight is 317 g/mol. The van der Waals surface area contributed by atoms with E-state index in [1.165, 1.54) is 0 Å². The Kier molecular flexibility index (Phi) is 5.02. The molecule has 1 aliphatic heterocycles. The fraction of sp³-hybridized carbons (Fsp3) is 0.632. The summed E-state index contributed by atoms with van der Waals surface area (Å²) >= 11 is 0. The van der Waals surface area contributed by atoms with Crippen molar-refractivity contribution in [3.05, 3.63) is 35.9 Å². The van der Waals surface area contributed by atoms with Crippen LogP contribution in [0.2, 0.25) is 0 Å². The zero-order chi connectivity index (χ0) is 16.3. The van der Waals surface area contributed by atoms with Crippen LogP contribution in [0.25, 0.3) is 0 Å². The Labute approximate surface area is 138 Å². The molecule has 2 aliphatic rings. The Morgan fingerprint density at radius 3 is 2.52 bits per heavy atom. The molecule has 1 heterocycles. The molecule has 126 valence electrons. The molecule has 3 rings (SSSR count). The van der Waals surface area contributed by atoms with Crippen LogP contribution in [-0.2, 0) is 15.1 Å². The number of carbonyl (C=O) groups is 1. The van der Waals surface area contributed by atoms with Crippen LogP contribution >= 0.6 is 0 Å². The first-order chi connectivity index (χ1) is 11.1.